The van der Waals surface area contributed by atoms with E-state index in [2.05, 4.69) is 32.3 Å². The summed E-state index contributed by atoms with van der Waals surface area (Å²) in [6, 6.07) is 0.0491. The van der Waals surface area contributed by atoms with Crippen LogP contribution >= 0.6 is 22.9 Å². The van der Waals surface area contributed by atoms with Crippen LogP contribution < -0.4 is 11.3 Å². The topological polar surface area (TPSA) is 76.7 Å². The minimum absolute atomic E-state index is 0.0491. The molecule has 0 saturated heterocycles. The molecule has 0 spiro atoms. The summed E-state index contributed by atoms with van der Waals surface area (Å²) in [5.74, 6) is 5.66. The Balaban J connectivity index is 2.14. The minimum Gasteiger partial charge on any atom is -0.271 e. The lowest BCUT2D eigenvalue weighted by Crippen LogP contribution is -2.29. The van der Waals surface area contributed by atoms with Crippen LogP contribution in [0.2, 0.25) is 0 Å². The molecule has 1 unspecified atom stereocenters. The lowest BCUT2D eigenvalue weighted by atomic mass is 10.1. The molecule has 0 aliphatic rings. The molecule has 0 aromatic carbocycles. The fraction of sp³-hybridized carbons (Fsp3) is 0.545. The average molecular weight is 283 g/mol. The predicted molar refractivity (Wildman–Crippen MR) is 74.5 cm³/mol. The Bertz CT molecular complexity index is 493. The Hall–Kier alpha value is -0.890. The standard InChI is InChI=1S/C11H17N5S2/c1-3-4-9-11(18-16-15-9)10(14-12)5-8-6-17-7(2)13-8/h6,10,14H,3-5,12H2,1-2H3. The van der Waals surface area contributed by atoms with Crippen LogP contribution in [0.25, 0.3) is 0 Å². The van der Waals surface area contributed by atoms with Crippen molar-refractivity contribution in [2.75, 3.05) is 0 Å². The van der Waals surface area contributed by atoms with E-state index in [-0.39, 0.29) is 6.04 Å². The fourth-order valence-electron chi connectivity index (χ4n) is 1.83. The van der Waals surface area contributed by atoms with Crippen LogP contribution in [0.1, 0.15) is 40.7 Å². The van der Waals surface area contributed by atoms with Crippen LogP contribution in [0.15, 0.2) is 5.38 Å². The largest absolute Gasteiger partial charge is 0.271 e. The van der Waals surface area contributed by atoms with Gasteiger partial charge in [-0.3, -0.25) is 11.3 Å². The molecule has 0 aliphatic heterocycles. The molecule has 2 aromatic rings. The number of hydrogen-bond acceptors (Lipinski definition) is 7. The summed E-state index contributed by atoms with van der Waals surface area (Å²) in [5.41, 5.74) is 4.98. The number of aryl methyl sites for hydroxylation is 2. The highest BCUT2D eigenvalue weighted by Gasteiger charge is 2.19. The van der Waals surface area contributed by atoms with Crippen LogP contribution in [-0.4, -0.2) is 14.6 Å². The molecule has 5 nitrogen and oxygen atoms in total. The third kappa shape index (κ3) is 3.11. The summed E-state index contributed by atoms with van der Waals surface area (Å²) in [6.07, 6.45) is 2.78. The van der Waals surface area contributed by atoms with Crippen LogP contribution in [-0.2, 0) is 12.8 Å². The number of nitrogens with zero attached hydrogens (tertiary/aromatic N) is 3. The van der Waals surface area contributed by atoms with E-state index in [0.717, 1.165) is 40.5 Å². The fourth-order valence-corrected chi connectivity index (χ4v) is 3.21. The van der Waals surface area contributed by atoms with E-state index in [1.807, 2.05) is 6.92 Å². The lowest BCUT2D eigenvalue weighted by Gasteiger charge is -2.13. The van der Waals surface area contributed by atoms with Crippen molar-refractivity contribution < 1.29 is 0 Å². The van der Waals surface area contributed by atoms with Crippen molar-refractivity contribution in [1.29, 1.82) is 0 Å². The molecule has 2 rings (SSSR count). The average Bonchev–Trinajstić information content (AvgIpc) is 2.96. The van der Waals surface area contributed by atoms with E-state index in [9.17, 15) is 0 Å². The number of aromatic nitrogens is 3. The molecule has 1 atom stereocenters. The Morgan fingerprint density at radius 2 is 2.33 bits per heavy atom. The van der Waals surface area contributed by atoms with Crippen molar-refractivity contribution in [2.45, 2.75) is 39.2 Å². The Labute approximate surface area is 115 Å². The van der Waals surface area contributed by atoms with E-state index < -0.39 is 0 Å². The van der Waals surface area contributed by atoms with Gasteiger partial charge in [0.15, 0.2) is 0 Å². The summed E-state index contributed by atoms with van der Waals surface area (Å²) in [6.45, 7) is 4.15. The molecule has 2 heterocycles. The maximum atomic E-state index is 5.66. The minimum atomic E-state index is 0.0491. The molecule has 18 heavy (non-hydrogen) atoms. The van der Waals surface area contributed by atoms with E-state index >= 15 is 0 Å². The first-order valence-electron chi connectivity index (χ1n) is 5.92. The second-order valence-corrected chi connectivity index (χ2v) is 5.96. The van der Waals surface area contributed by atoms with E-state index in [1.165, 1.54) is 11.5 Å². The highest BCUT2D eigenvalue weighted by molar-refractivity contribution is 7.09. The van der Waals surface area contributed by atoms with Gasteiger partial charge in [0.05, 0.1) is 27.3 Å². The molecule has 0 bridgehead atoms. The molecule has 3 N–H and O–H groups in total. The lowest BCUT2D eigenvalue weighted by molar-refractivity contribution is 0.549. The molecule has 98 valence electrons. The highest BCUT2D eigenvalue weighted by atomic mass is 32.1. The maximum Gasteiger partial charge on any atom is 0.0897 e. The third-order valence-corrected chi connectivity index (χ3v) is 4.37. The first-order chi connectivity index (χ1) is 8.74. The first-order valence-corrected chi connectivity index (χ1v) is 7.58. The molecule has 0 saturated carbocycles. The van der Waals surface area contributed by atoms with Gasteiger partial charge in [-0.1, -0.05) is 17.8 Å². The molecule has 0 radical (unpaired) electrons. The highest BCUT2D eigenvalue weighted by Crippen LogP contribution is 2.24. The van der Waals surface area contributed by atoms with Crippen molar-refractivity contribution in [3.05, 3.63) is 26.7 Å². The quantitative estimate of drug-likeness (QED) is 0.626. The van der Waals surface area contributed by atoms with Gasteiger partial charge in [-0.15, -0.1) is 16.4 Å². The van der Waals surface area contributed by atoms with Crippen LogP contribution in [0, 0.1) is 6.92 Å². The van der Waals surface area contributed by atoms with Gasteiger partial charge >= 0.3 is 0 Å². The van der Waals surface area contributed by atoms with Crippen LogP contribution in [0.5, 0.6) is 0 Å². The van der Waals surface area contributed by atoms with Gasteiger partial charge in [-0.05, 0) is 24.9 Å². The first kappa shape index (κ1) is 13.5. The second-order valence-electron chi connectivity index (χ2n) is 4.12. The zero-order valence-electron chi connectivity index (χ0n) is 10.5. The number of nitrogens with one attached hydrogen (secondary N) is 1. The van der Waals surface area contributed by atoms with Gasteiger partial charge in [0.2, 0.25) is 0 Å². The summed E-state index contributed by atoms with van der Waals surface area (Å²) in [7, 11) is 0. The van der Waals surface area contributed by atoms with Gasteiger partial charge in [0, 0.05) is 11.8 Å². The maximum absolute atomic E-state index is 5.66. The van der Waals surface area contributed by atoms with Crippen molar-refractivity contribution >= 4 is 22.9 Å². The van der Waals surface area contributed by atoms with Crippen molar-refractivity contribution in [2.24, 2.45) is 5.84 Å². The normalized spacial score (nSPS) is 12.8. The van der Waals surface area contributed by atoms with E-state index in [4.69, 9.17) is 5.84 Å². The van der Waals surface area contributed by atoms with Gasteiger partial charge in [-0.2, -0.15) is 0 Å². The van der Waals surface area contributed by atoms with Crippen LogP contribution in [0.4, 0.5) is 0 Å². The van der Waals surface area contributed by atoms with Crippen molar-refractivity contribution in [3.63, 3.8) is 0 Å². The zero-order chi connectivity index (χ0) is 13.0. The van der Waals surface area contributed by atoms with E-state index in [1.54, 1.807) is 11.3 Å². The van der Waals surface area contributed by atoms with E-state index in [0.29, 0.717) is 0 Å². The molecule has 0 aliphatic carbocycles. The monoisotopic (exact) mass is 283 g/mol. The predicted octanol–water partition coefficient (Wildman–Crippen LogP) is 2.00. The number of thiazole rings is 1. The summed E-state index contributed by atoms with van der Waals surface area (Å²) >= 11 is 3.08. The SMILES string of the molecule is CCCc1nnsc1C(Cc1csc(C)n1)NN. The second kappa shape index (κ2) is 6.33. The Kier molecular flexibility index (Phi) is 4.76. The number of rotatable bonds is 6. The number of hydrogen-bond donors (Lipinski definition) is 2. The number of hydrazine groups is 1. The Morgan fingerprint density at radius 1 is 1.50 bits per heavy atom. The van der Waals surface area contributed by atoms with Crippen molar-refractivity contribution in [3.8, 4) is 0 Å². The molecule has 2 aromatic heterocycles. The van der Waals surface area contributed by atoms with Gasteiger partial charge in [0.1, 0.15) is 0 Å². The summed E-state index contributed by atoms with van der Waals surface area (Å²) in [4.78, 5) is 5.60. The molecular weight excluding hydrogens is 266 g/mol. The van der Waals surface area contributed by atoms with Crippen LogP contribution in [0.3, 0.4) is 0 Å². The Morgan fingerprint density at radius 3 is 2.94 bits per heavy atom. The number of nitrogens with two attached hydrogens (primary N) is 1. The molecule has 0 fully saturated rings. The van der Waals surface area contributed by atoms with Gasteiger partial charge in [0.25, 0.3) is 0 Å². The van der Waals surface area contributed by atoms with Crippen molar-refractivity contribution in [1.82, 2.24) is 20.0 Å². The molecule has 7 heteroatoms. The van der Waals surface area contributed by atoms with Gasteiger partial charge in [-0.25, -0.2) is 4.98 Å². The molecule has 0 amide bonds. The zero-order valence-corrected chi connectivity index (χ0v) is 12.1. The smallest absolute Gasteiger partial charge is 0.0897 e. The summed E-state index contributed by atoms with van der Waals surface area (Å²) in [5, 5.41) is 7.33. The summed E-state index contributed by atoms with van der Waals surface area (Å²) < 4.78 is 4.03. The third-order valence-electron chi connectivity index (χ3n) is 2.67. The van der Waals surface area contributed by atoms with Gasteiger partial charge < -0.3 is 0 Å². The molecular formula is C11H17N5S2.